The largest absolute Gasteiger partial charge is 0.462 e. The molecule has 6 heteroatoms. The lowest BCUT2D eigenvalue weighted by Gasteiger charge is -2.18. The molecule has 0 aliphatic rings. The topological polar surface area (TPSA) is 78.9 Å². The molecule has 0 amide bonds. The summed E-state index contributed by atoms with van der Waals surface area (Å²) < 4.78 is 16.7. The van der Waals surface area contributed by atoms with Crippen LogP contribution < -0.4 is 0 Å². The first-order valence-corrected chi connectivity index (χ1v) is 25.8. The van der Waals surface area contributed by atoms with Crippen molar-refractivity contribution in [1.29, 1.82) is 0 Å². The molecule has 0 spiro atoms. The minimum Gasteiger partial charge on any atom is -0.462 e. The Morgan fingerprint density at radius 2 is 0.677 bits per heavy atom. The summed E-state index contributed by atoms with van der Waals surface area (Å²) >= 11 is 0. The second-order valence-corrected chi connectivity index (χ2v) is 16.5. The molecule has 1 atom stereocenters. The van der Waals surface area contributed by atoms with E-state index in [0.29, 0.717) is 19.3 Å². The van der Waals surface area contributed by atoms with E-state index in [0.717, 1.165) is 109 Å². The molecule has 364 valence electrons. The molecule has 0 aromatic heterocycles. The van der Waals surface area contributed by atoms with Gasteiger partial charge in [-0.3, -0.25) is 14.4 Å². The molecule has 0 aliphatic carbocycles. The SMILES string of the molecule is CC\C=C/C=C\C=C/C=C\C=C\C=C/CCCCCC(=O)OCC(COC(=O)CCCCC/C=C\CCCCCCCCC)OC(=O)CCCCC/C=C\C/C=C\C/C=C\C/C=C\CC. The molecule has 0 bridgehead atoms. The van der Waals surface area contributed by atoms with Crippen LogP contribution in [0.25, 0.3) is 0 Å². The van der Waals surface area contributed by atoms with E-state index in [1.807, 2.05) is 60.8 Å². The van der Waals surface area contributed by atoms with Crippen LogP contribution >= 0.6 is 0 Å². The highest BCUT2D eigenvalue weighted by Crippen LogP contribution is 2.12. The van der Waals surface area contributed by atoms with Gasteiger partial charge in [-0.2, -0.15) is 0 Å². The van der Waals surface area contributed by atoms with Crippen LogP contribution in [0.3, 0.4) is 0 Å². The summed E-state index contributed by atoms with van der Waals surface area (Å²) in [5.74, 6) is -1.02. The van der Waals surface area contributed by atoms with E-state index in [1.54, 1.807) is 0 Å². The third-order valence-corrected chi connectivity index (χ3v) is 10.3. The van der Waals surface area contributed by atoms with Gasteiger partial charge in [0.1, 0.15) is 13.2 Å². The number of allylic oxidation sites excluding steroid dienone is 22. The molecule has 0 heterocycles. The lowest BCUT2D eigenvalue weighted by atomic mass is 10.1. The summed E-state index contributed by atoms with van der Waals surface area (Å²) in [5, 5.41) is 0. The maximum atomic E-state index is 12.8. The smallest absolute Gasteiger partial charge is 0.306 e. The third-order valence-electron chi connectivity index (χ3n) is 10.3. The highest BCUT2D eigenvalue weighted by Gasteiger charge is 2.19. The van der Waals surface area contributed by atoms with E-state index < -0.39 is 6.10 Å². The number of ether oxygens (including phenoxy) is 3. The number of hydrogen-bond donors (Lipinski definition) is 0. The zero-order valence-corrected chi connectivity index (χ0v) is 41.4. The lowest BCUT2D eigenvalue weighted by molar-refractivity contribution is -0.167. The maximum absolute atomic E-state index is 12.8. The van der Waals surface area contributed by atoms with Crippen LogP contribution in [0.15, 0.2) is 134 Å². The molecule has 0 radical (unpaired) electrons. The quantitative estimate of drug-likeness (QED) is 0.0199. The van der Waals surface area contributed by atoms with Gasteiger partial charge in [-0.1, -0.05) is 212 Å². The molecule has 0 aliphatic heterocycles. The van der Waals surface area contributed by atoms with Crippen molar-refractivity contribution in [3.8, 4) is 0 Å². The monoisotopic (exact) mass is 897 g/mol. The second kappa shape index (κ2) is 52.2. The van der Waals surface area contributed by atoms with Crippen LogP contribution in [0.1, 0.15) is 201 Å². The summed E-state index contributed by atoms with van der Waals surface area (Å²) in [6.45, 7) is 6.27. The molecule has 0 rings (SSSR count). The van der Waals surface area contributed by atoms with Crippen molar-refractivity contribution in [3.05, 3.63) is 134 Å². The van der Waals surface area contributed by atoms with Crippen molar-refractivity contribution in [3.63, 3.8) is 0 Å². The molecule has 0 aromatic rings. The fraction of sp³-hybridized carbons (Fsp3) is 0.576. The predicted molar refractivity (Wildman–Crippen MR) is 279 cm³/mol. The van der Waals surface area contributed by atoms with E-state index in [2.05, 4.69) is 93.7 Å². The molecular weight excluding hydrogens is 805 g/mol. The molecule has 0 saturated heterocycles. The Morgan fingerprint density at radius 3 is 1.14 bits per heavy atom. The van der Waals surface area contributed by atoms with E-state index in [9.17, 15) is 14.4 Å². The first-order chi connectivity index (χ1) is 32.0. The number of unbranched alkanes of at least 4 members (excludes halogenated alkanes) is 16. The van der Waals surface area contributed by atoms with Crippen LogP contribution in [-0.2, 0) is 28.6 Å². The maximum Gasteiger partial charge on any atom is 0.306 e. The highest BCUT2D eigenvalue weighted by atomic mass is 16.6. The molecule has 0 fully saturated rings. The lowest BCUT2D eigenvalue weighted by Crippen LogP contribution is -2.30. The minimum atomic E-state index is -0.824. The molecule has 65 heavy (non-hydrogen) atoms. The summed E-state index contributed by atoms with van der Waals surface area (Å²) in [7, 11) is 0. The first kappa shape index (κ1) is 60.5. The van der Waals surface area contributed by atoms with Crippen LogP contribution in [0.2, 0.25) is 0 Å². The van der Waals surface area contributed by atoms with Gasteiger partial charge in [0, 0.05) is 19.3 Å². The van der Waals surface area contributed by atoms with Crippen LogP contribution in [0.5, 0.6) is 0 Å². The summed E-state index contributed by atoms with van der Waals surface area (Å²) in [4.78, 5) is 38.0. The van der Waals surface area contributed by atoms with Crippen molar-refractivity contribution in [1.82, 2.24) is 0 Å². The van der Waals surface area contributed by atoms with Gasteiger partial charge in [0.2, 0.25) is 0 Å². The van der Waals surface area contributed by atoms with Gasteiger partial charge in [-0.25, -0.2) is 0 Å². The average molecular weight is 897 g/mol. The van der Waals surface area contributed by atoms with Crippen molar-refractivity contribution >= 4 is 17.9 Å². The Hall–Kier alpha value is -4.45. The number of carbonyl (C=O) groups excluding carboxylic acids is 3. The third kappa shape index (κ3) is 50.4. The number of hydrogen-bond acceptors (Lipinski definition) is 6. The zero-order chi connectivity index (χ0) is 47.2. The Balaban J connectivity index is 4.59. The van der Waals surface area contributed by atoms with Gasteiger partial charge in [-0.15, -0.1) is 0 Å². The molecule has 0 saturated carbocycles. The zero-order valence-electron chi connectivity index (χ0n) is 41.4. The molecule has 1 unspecified atom stereocenters. The van der Waals surface area contributed by atoms with E-state index in [1.165, 1.54) is 44.9 Å². The van der Waals surface area contributed by atoms with Crippen molar-refractivity contribution < 1.29 is 28.6 Å². The molecule has 0 N–H and O–H groups in total. The predicted octanol–water partition coefficient (Wildman–Crippen LogP) is 17.1. The van der Waals surface area contributed by atoms with E-state index in [4.69, 9.17) is 14.2 Å². The molecular formula is C59H92O6. The number of rotatable bonds is 44. The Labute approximate surface area is 398 Å². The van der Waals surface area contributed by atoms with E-state index >= 15 is 0 Å². The summed E-state index contributed by atoms with van der Waals surface area (Å²) in [6.07, 6.45) is 72.9. The summed E-state index contributed by atoms with van der Waals surface area (Å²) in [5.41, 5.74) is 0. The fourth-order valence-corrected chi connectivity index (χ4v) is 6.46. The Bertz CT molecular complexity index is 1450. The number of carbonyl (C=O) groups is 3. The summed E-state index contributed by atoms with van der Waals surface area (Å²) in [6, 6.07) is 0. The Kier molecular flexibility index (Phi) is 48.6. The van der Waals surface area contributed by atoms with E-state index in [-0.39, 0.29) is 37.5 Å². The molecule has 0 aromatic carbocycles. The average Bonchev–Trinajstić information content (AvgIpc) is 3.30. The van der Waals surface area contributed by atoms with Gasteiger partial charge in [0.15, 0.2) is 6.10 Å². The minimum absolute atomic E-state index is 0.118. The van der Waals surface area contributed by atoms with Crippen molar-refractivity contribution in [2.45, 2.75) is 207 Å². The van der Waals surface area contributed by atoms with Crippen LogP contribution in [-0.4, -0.2) is 37.2 Å². The Morgan fingerprint density at radius 1 is 0.338 bits per heavy atom. The van der Waals surface area contributed by atoms with Crippen molar-refractivity contribution in [2.24, 2.45) is 0 Å². The van der Waals surface area contributed by atoms with Gasteiger partial charge in [0.25, 0.3) is 0 Å². The van der Waals surface area contributed by atoms with Crippen LogP contribution in [0.4, 0.5) is 0 Å². The second-order valence-electron chi connectivity index (χ2n) is 16.5. The standard InChI is InChI=1S/C59H92O6/c1-4-7-10-13-16-19-22-25-28-30-32-34-37-40-43-46-49-52-58(61)64-55-56(54-63-57(60)51-48-45-42-39-36-33-27-24-21-18-15-12-9-6-3)65-59(62)53-50-47-44-41-38-35-31-29-26-23-20-17-14-11-8-5-2/h7-8,10-11,13,16-17,19-20,22,25-26,28-30,32-38,56H,4-6,9,12,14-15,18,21,23-24,27,31,39-55H2,1-3H3/b10-7-,11-8-,16-13-,20-17-,22-19-,28-25-,29-26-,32-30+,36-33-,37-34-,38-35-. The van der Waals surface area contributed by atoms with Gasteiger partial charge < -0.3 is 14.2 Å². The van der Waals surface area contributed by atoms with Crippen LogP contribution in [0, 0.1) is 0 Å². The van der Waals surface area contributed by atoms with Crippen molar-refractivity contribution in [2.75, 3.05) is 13.2 Å². The van der Waals surface area contributed by atoms with Gasteiger partial charge in [0.05, 0.1) is 0 Å². The first-order valence-electron chi connectivity index (χ1n) is 25.8. The fourth-order valence-electron chi connectivity index (χ4n) is 6.46. The highest BCUT2D eigenvalue weighted by molar-refractivity contribution is 5.71. The van der Waals surface area contributed by atoms with Gasteiger partial charge in [-0.05, 0) is 103 Å². The van der Waals surface area contributed by atoms with Gasteiger partial charge >= 0.3 is 17.9 Å². The normalized spacial score (nSPS) is 13.2. The number of esters is 3. The molecule has 6 nitrogen and oxygen atoms in total.